The van der Waals surface area contributed by atoms with Crippen LogP contribution in [-0.2, 0) is 9.59 Å². The molecule has 1 heterocycles. The number of hydrogen-bond acceptors (Lipinski definition) is 4. The molecule has 0 atom stereocenters. The third kappa shape index (κ3) is 2.01. The van der Waals surface area contributed by atoms with Crippen LogP contribution in [0.2, 0.25) is 0 Å². The molecule has 1 aromatic carbocycles. The minimum atomic E-state index is -0.483. The number of nitro groups is 1. The van der Waals surface area contributed by atoms with Gasteiger partial charge in [-0.2, -0.15) is 0 Å². The van der Waals surface area contributed by atoms with Gasteiger partial charge >= 0.3 is 0 Å². The van der Waals surface area contributed by atoms with Gasteiger partial charge in [0.05, 0.1) is 10.6 Å². The van der Waals surface area contributed by atoms with Crippen LogP contribution in [0.25, 0.3) is 0 Å². The first-order valence-corrected chi connectivity index (χ1v) is 5.65. The molecule has 2 rings (SSSR count). The molecule has 98 valence electrons. The van der Waals surface area contributed by atoms with Crippen molar-refractivity contribution in [2.45, 2.75) is 20.8 Å². The summed E-state index contributed by atoms with van der Waals surface area (Å²) in [6.07, 6.45) is 1.26. The van der Waals surface area contributed by atoms with Crippen molar-refractivity contribution in [3.63, 3.8) is 0 Å². The third-order valence-electron chi connectivity index (χ3n) is 3.05. The number of hydrogen-bond donors (Lipinski definition) is 0. The van der Waals surface area contributed by atoms with Crippen LogP contribution >= 0.6 is 0 Å². The standard InChI is InChI=1S/C13H12N2O4/c1-7-5-11(15(18)19)8(2)4-10(7)14-12(16)6-9(3)13(14)17/h4-6H,1-3H3. The normalized spacial score (nSPS) is 14.9. The summed E-state index contributed by atoms with van der Waals surface area (Å²) in [4.78, 5) is 35.1. The van der Waals surface area contributed by atoms with E-state index in [2.05, 4.69) is 0 Å². The Hall–Kier alpha value is -2.50. The number of aryl methyl sites for hydroxylation is 2. The van der Waals surface area contributed by atoms with Crippen LogP contribution in [0.5, 0.6) is 0 Å². The molecular weight excluding hydrogens is 248 g/mol. The van der Waals surface area contributed by atoms with Gasteiger partial charge < -0.3 is 0 Å². The van der Waals surface area contributed by atoms with E-state index in [1.54, 1.807) is 20.8 Å². The average Bonchev–Trinajstić information content (AvgIpc) is 2.56. The van der Waals surface area contributed by atoms with Gasteiger partial charge in [-0.3, -0.25) is 19.7 Å². The van der Waals surface area contributed by atoms with Gasteiger partial charge in [0, 0.05) is 23.3 Å². The van der Waals surface area contributed by atoms with Gasteiger partial charge in [0.1, 0.15) is 0 Å². The second-order valence-corrected chi connectivity index (χ2v) is 4.49. The highest BCUT2D eigenvalue weighted by molar-refractivity contribution is 6.30. The van der Waals surface area contributed by atoms with Crippen molar-refractivity contribution in [2.75, 3.05) is 4.90 Å². The Morgan fingerprint density at radius 1 is 1.11 bits per heavy atom. The van der Waals surface area contributed by atoms with Crippen molar-refractivity contribution in [3.8, 4) is 0 Å². The van der Waals surface area contributed by atoms with Gasteiger partial charge in [-0.25, -0.2) is 4.90 Å². The molecule has 0 saturated heterocycles. The Kier molecular flexibility index (Phi) is 2.94. The van der Waals surface area contributed by atoms with Crippen LogP contribution in [0, 0.1) is 24.0 Å². The van der Waals surface area contributed by atoms with E-state index >= 15 is 0 Å². The van der Waals surface area contributed by atoms with Crippen LogP contribution in [0.4, 0.5) is 11.4 Å². The van der Waals surface area contributed by atoms with Crippen molar-refractivity contribution >= 4 is 23.2 Å². The first-order valence-electron chi connectivity index (χ1n) is 5.65. The molecule has 0 bridgehead atoms. The molecule has 19 heavy (non-hydrogen) atoms. The summed E-state index contributed by atoms with van der Waals surface area (Å²) >= 11 is 0. The molecule has 0 radical (unpaired) electrons. The highest BCUT2D eigenvalue weighted by Crippen LogP contribution is 2.31. The molecule has 0 fully saturated rings. The fourth-order valence-corrected chi connectivity index (χ4v) is 2.04. The summed E-state index contributed by atoms with van der Waals surface area (Å²) in [7, 11) is 0. The van der Waals surface area contributed by atoms with Crippen molar-refractivity contribution in [1.29, 1.82) is 0 Å². The summed E-state index contributed by atoms with van der Waals surface area (Å²) < 4.78 is 0. The number of nitro benzene ring substituents is 1. The Bertz CT molecular complexity index is 646. The summed E-state index contributed by atoms with van der Waals surface area (Å²) in [6, 6.07) is 2.87. The molecule has 0 aromatic heterocycles. The van der Waals surface area contributed by atoms with E-state index in [-0.39, 0.29) is 11.6 Å². The predicted molar refractivity (Wildman–Crippen MR) is 68.8 cm³/mol. The second kappa shape index (κ2) is 4.31. The smallest absolute Gasteiger partial charge is 0.269 e. The van der Waals surface area contributed by atoms with E-state index in [1.165, 1.54) is 18.2 Å². The molecule has 6 heteroatoms. The number of benzene rings is 1. The number of rotatable bonds is 2. The monoisotopic (exact) mass is 260 g/mol. The zero-order chi connectivity index (χ0) is 14.3. The lowest BCUT2D eigenvalue weighted by Crippen LogP contribution is -2.31. The first-order chi connectivity index (χ1) is 8.82. The SMILES string of the molecule is CC1=CC(=O)N(c2cc(C)c([N+](=O)[O-])cc2C)C1=O. The Morgan fingerprint density at radius 3 is 2.21 bits per heavy atom. The summed E-state index contributed by atoms with van der Waals surface area (Å²) in [5.74, 6) is -0.805. The van der Waals surface area contributed by atoms with E-state index in [9.17, 15) is 19.7 Å². The van der Waals surface area contributed by atoms with Crippen molar-refractivity contribution in [1.82, 2.24) is 0 Å². The number of carbonyl (C=O) groups is 2. The lowest BCUT2D eigenvalue weighted by Gasteiger charge is -2.17. The summed E-state index contributed by atoms with van der Waals surface area (Å²) in [5, 5.41) is 10.8. The largest absolute Gasteiger partial charge is 0.272 e. The molecule has 0 unspecified atom stereocenters. The fraction of sp³-hybridized carbons (Fsp3) is 0.231. The third-order valence-corrected chi connectivity index (χ3v) is 3.05. The van der Waals surface area contributed by atoms with E-state index in [0.29, 0.717) is 22.4 Å². The number of nitrogens with zero attached hydrogens (tertiary/aromatic N) is 2. The lowest BCUT2D eigenvalue weighted by atomic mass is 10.1. The molecule has 1 aliphatic rings. The van der Waals surface area contributed by atoms with E-state index in [1.807, 2.05) is 0 Å². The van der Waals surface area contributed by atoms with Crippen LogP contribution in [0.1, 0.15) is 18.1 Å². The molecule has 0 saturated carbocycles. The zero-order valence-electron chi connectivity index (χ0n) is 10.8. The van der Waals surface area contributed by atoms with Crippen molar-refractivity contribution in [2.24, 2.45) is 0 Å². The van der Waals surface area contributed by atoms with Gasteiger partial charge in [-0.05, 0) is 32.4 Å². The van der Waals surface area contributed by atoms with Gasteiger partial charge in [0.15, 0.2) is 0 Å². The molecular formula is C13H12N2O4. The van der Waals surface area contributed by atoms with Crippen LogP contribution in [0.3, 0.4) is 0 Å². The average molecular weight is 260 g/mol. The number of amides is 2. The molecule has 1 aliphatic heterocycles. The number of anilines is 1. The quantitative estimate of drug-likeness (QED) is 0.463. The molecule has 6 nitrogen and oxygen atoms in total. The van der Waals surface area contributed by atoms with Crippen molar-refractivity contribution < 1.29 is 14.5 Å². The molecule has 1 aromatic rings. The Labute approximate surface area is 109 Å². The van der Waals surface area contributed by atoms with Gasteiger partial charge in [-0.15, -0.1) is 0 Å². The van der Waals surface area contributed by atoms with Crippen LogP contribution in [0.15, 0.2) is 23.8 Å². The van der Waals surface area contributed by atoms with Crippen LogP contribution in [-0.4, -0.2) is 16.7 Å². The van der Waals surface area contributed by atoms with E-state index in [4.69, 9.17) is 0 Å². The Morgan fingerprint density at radius 2 is 1.74 bits per heavy atom. The molecule has 0 aliphatic carbocycles. The maximum Gasteiger partial charge on any atom is 0.272 e. The van der Waals surface area contributed by atoms with E-state index < -0.39 is 10.8 Å². The maximum absolute atomic E-state index is 11.9. The minimum Gasteiger partial charge on any atom is -0.269 e. The highest BCUT2D eigenvalue weighted by atomic mass is 16.6. The summed E-state index contributed by atoms with van der Waals surface area (Å²) in [6.45, 7) is 4.77. The number of imide groups is 1. The van der Waals surface area contributed by atoms with Gasteiger partial charge in [-0.1, -0.05) is 0 Å². The highest BCUT2D eigenvalue weighted by Gasteiger charge is 2.31. The predicted octanol–water partition coefficient (Wildman–Crippen LogP) is 2.03. The lowest BCUT2D eigenvalue weighted by molar-refractivity contribution is -0.385. The van der Waals surface area contributed by atoms with Crippen molar-refractivity contribution in [3.05, 3.63) is 45.0 Å². The number of carbonyl (C=O) groups excluding carboxylic acids is 2. The minimum absolute atomic E-state index is 0.0231. The second-order valence-electron chi connectivity index (χ2n) is 4.49. The van der Waals surface area contributed by atoms with Crippen LogP contribution < -0.4 is 4.90 Å². The zero-order valence-corrected chi connectivity index (χ0v) is 10.8. The van der Waals surface area contributed by atoms with E-state index in [0.717, 1.165) is 4.90 Å². The first kappa shape index (κ1) is 12.9. The fourth-order valence-electron chi connectivity index (χ4n) is 2.04. The molecule has 2 amide bonds. The Balaban J connectivity index is 2.54. The maximum atomic E-state index is 11.9. The molecule has 0 spiro atoms. The van der Waals surface area contributed by atoms with Gasteiger partial charge in [0.2, 0.25) is 0 Å². The molecule has 0 N–H and O–H groups in total. The van der Waals surface area contributed by atoms with Gasteiger partial charge in [0.25, 0.3) is 17.5 Å². The topological polar surface area (TPSA) is 80.5 Å². The summed E-state index contributed by atoms with van der Waals surface area (Å²) in [5.41, 5.74) is 1.66.